The zero-order chi connectivity index (χ0) is 27.1. The van der Waals surface area contributed by atoms with Gasteiger partial charge in [-0.15, -0.1) is 0 Å². The molecule has 0 heterocycles. The molecule has 206 valence electrons. The standard InChI is InChI=1S/C30H50O.CH4N2O2/c1-20(2)10-9-11-21(3)22-14-18-30(8)24-12-13-25-27(4,5)26(31)16-17-28(25,6)23(24)15-19-29(22,30)7;2-1(4)3-5/h10,21-22,25-26,31H,9,11-19H2,1-8H3;5H,(H3,2,3,4). The molecule has 0 bridgehead atoms. The average molecular weight is 503 g/mol. The van der Waals surface area contributed by atoms with Gasteiger partial charge in [0.1, 0.15) is 0 Å². The fourth-order valence-corrected chi connectivity index (χ4v) is 9.47. The molecule has 0 aromatic rings. The van der Waals surface area contributed by atoms with Gasteiger partial charge in [-0.25, -0.2) is 10.3 Å². The Balaban J connectivity index is 0.000000658. The number of rotatable bonds is 4. The highest BCUT2D eigenvalue weighted by Gasteiger charge is 2.63. The van der Waals surface area contributed by atoms with E-state index in [-0.39, 0.29) is 11.5 Å². The molecule has 0 spiro atoms. The van der Waals surface area contributed by atoms with Crippen molar-refractivity contribution in [3.63, 3.8) is 0 Å². The highest BCUT2D eigenvalue weighted by Crippen LogP contribution is 2.72. The van der Waals surface area contributed by atoms with Crippen LogP contribution in [0, 0.1) is 39.4 Å². The first-order chi connectivity index (χ1) is 16.6. The van der Waals surface area contributed by atoms with E-state index in [1.807, 2.05) is 11.1 Å². The van der Waals surface area contributed by atoms with Crippen LogP contribution in [0.5, 0.6) is 0 Å². The molecule has 4 rings (SSSR count). The van der Waals surface area contributed by atoms with Crippen LogP contribution in [-0.2, 0) is 0 Å². The van der Waals surface area contributed by atoms with Gasteiger partial charge in [0.15, 0.2) is 0 Å². The first-order valence-electron chi connectivity index (χ1n) is 14.4. The van der Waals surface area contributed by atoms with E-state index in [1.54, 1.807) is 0 Å². The van der Waals surface area contributed by atoms with Crippen LogP contribution in [0.2, 0.25) is 0 Å². The smallest absolute Gasteiger partial charge is 0.335 e. The summed E-state index contributed by atoms with van der Waals surface area (Å²) in [6, 6.07) is -0.940. The van der Waals surface area contributed by atoms with Crippen LogP contribution in [0.3, 0.4) is 0 Å². The summed E-state index contributed by atoms with van der Waals surface area (Å²) in [5.41, 5.74) is 11.9. The van der Waals surface area contributed by atoms with Gasteiger partial charge in [0, 0.05) is 0 Å². The summed E-state index contributed by atoms with van der Waals surface area (Å²) in [6.45, 7) is 19.6. The minimum atomic E-state index is -0.940. The molecule has 0 aliphatic heterocycles. The first-order valence-corrected chi connectivity index (χ1v) is 14.4. The number of primary amides is 1. The molecule has 0 saturated heterocycles. The van der Waals surface area contributed by atoms with Crippen LogP contribution in [0.25, 0.3) is 0 Å². The number of amides is 2. The number of nitrogens with one attached hydrogen (secondary N) is 1. The van der Waals surface area contributed by atoms with Gasteiger partial charge in [0.2, 0.25) is 0 Å². The highest BCUT2D eigenvalue weighted by atomic mass is 16.5. The fraction of sp³-hybridized carbons (Fsp3) is 0.839. The zero-order valence-corrected chi connectivity index (χ0v) is 24.3. The minimum absolute atomic E-state index is 0.0465. The molecule has 5 heteroatoms. The molecule has 5 nitrogen and oxygen atoms in total. The van der Waals surface area contributed by atoms with Crippen LogP contribution in [0.15, 0.2) is 22.8 Å². The maximum Gasteiger partial charge on any atom is 0.335 e. The molecule has 5 N–H and O–H groups in total. The van der Waals surface area contributed by atoms with Gasteiger partial charge in [0.05, 0.1) is 6.10 Å². The summed E-state index contributed by atoms with van der Waals surface area (Å²) in [4.78, 5) is 9.23. The molecule has 2 saturated carbocycles. The summed E-state index contributed by atoms with van der Waals surface area (Å²) >= 11 is 0. The Morgan fingerprint density at radius 1 is 1.06 bits per heavy atom. The Morgan fingerprint density at radius 3 is 2.28 bits per heavy atom. The lowest BCUT2D eigenvalue weighted by Crippen LogP contribution is -2.55. The van der Waals surface area contributed by atoms with Gasteiger partial charge >= 0.3 is 6.03 Å². The zero-order valence-electron chi connectivity index (χ0n) is 24.3. The third-order valence-electron chi connectivity index (χ3n) is 11.8. The van der Waals surface area contributed by atoms with Crippen LogP contribution >= 0.6 is 0 Å². The summed E-state index contributed by atoms with van der Waals surface area (Å²) in [5.74, 6) is 2.32. The van der Waals surface area contributed by atoms with E-state index < -0.39 is 6.03 Å². The molecular formula is C31H54N2O3. The lowest BCUT2D eigenvalue weighted by Gasteiger charge is -2.62. The largest absolute Gasteiger partial charge is 0.393 e. The summed E-state index contributed by atoms with van der Waals surface area (Å²) < 4.78 is 0. The Hall–Kier alpha value is -1.33. The van der Waals surface area contributed by atoms with Gasteiger partial charge in [-0.2, -0.15) is 0 Å². The maximum atomic E-state index is 10.8. The number of fused-ring (bicyclic) bond motifs is 4. The molecule has 7 unspecified atom stereocenters. The Labute approximate surface area is 220 Å². The third kappa shape index (κ3) is 4.79. The lowest BCUT2D eigenvalue weighted by molar-refractivity contribution is -0.0962. The number of aliphatic hydroxyl groups excluding tert-OH is 1. The highest BCUT2D eigenvalue weighted by molar-refractivity contribution is 5.69. The Bertz CT molecular complexity index is 888. The van der Waals surface area contributed by atoms with Crippen LogP contribution in [-0.4, -0.2) is 22.4 Å². The summed E-state index contributed by atoms with van der Waals surface area (Å²) in [6.07, 6.45) is 15.2. The van der Waals surface area contributed by atoms with Crippen molar-refractivity contribution in [3.05, 3.63) is 22.8 Å². The van der Waals surface area contributed by atoms with Crippen molar-refractivity contribution in [2.75, 3.05) is 0 Å². The van der Waals surface area contributed by atoms with E-state index in [0.29, 0.717) is 22.2 Å². The molecule has 4 aliphatic carbocycles. The van der Waals surface area contributed by atoms with E-state index in [4.69, 9.17) is 5.21 Å². The predicted octanol–water partition coefficient (Wildman–Crippen LogP) is 7.52. The van der Waals surface area contributed by atoms with Crippen molar-refractivity contribution in [1.82, 2.24) is 5.48 Å². The number of hydrogen-bond donors (Lipinski definition) is 4. The fourth-order valence-electron chi connectivity index (χ4n) is 9.47. The Morgan fingerprint density at radius 2 is 1.69 bits per heavy atom. The van der Waals surface area contributed by atoms with Crippen LogP contribution in [0.1, 0.15) is 120 Å². The lowest BCUT2D eigenvalue weighted by atomic mass is 9.43. The van der Waals surface area contributed by atoms with Gasteiger partial charge in [-0.1, -0.05) is 64.3 Å². The number of allylic oxidation sites excluding steroid dienone is 4. The number of urea groups is 1. The summed E-state index contributed by atoms with van der Waals surface area (Å²) in [7, 11) is 0. The monoisotopic (exact) mass is 502 g/mol. The SMILES string of the molecule is CC(C)=CCCC(C)C1CCC2(C)C3=C(CCC12C)C1(C)CCC(O)C(C)(C)C1CC3.NC(=O)NO. The number of hydrogen-bond acceptors (Lipinski definition) is 3. The number of carbonyl (C=O) groups excluding carboxylic acids is 1. The van der Waals surface area contributed by atoms with E-state index in [2.05, 4.69) is 67.2 Å². The van der Waals surface area contributed by atoms with E-state index in [0.717, 1.165) is 18.3 Å². The molecule has 7 atom stereocenters. The van der Waals surface area contributed by atoms with Crippen molar-refractivity contribution in [2.45, 2.75) is 126 Å². The van der Waals surface area contributed by atoms with Crippen LogP contribution in [0.4, 0.5) is 4.79 Å². The molecule has 2 amide bonds. The molecular weight excluding hydrogens is 448 g/mol. The topological polar surface area (TPSA) is 95.6 Å². The van der Waals surface area contributed by atoms with Crippen LogP contribution < -0.4 is 11.2 Å². The number of carbonyl (C=O) groups is 1. The number of hydroxylamine groups is 1. The third-order valence-corrected chi connectivity index (χ3v) is 11.8. The normalized spacial score (nSPS) is 39.6. The molecule has 2 fully saturated rings. The van der Waals surface area contributed by atoms with Crippen molar-refractivity contribution in [3.8, 4) is 0 Å². The predicted molar refractivity (Wildman–Crippen MR) is 147 cm³/mol. The molecule has 0 radical (unpaired) electrons. The minimum Gasteiger partial charge on any atom is -0.393 e. The van der Waals surface area contributed by atoms with E-state index in [9.17, 15) is 9.90 Å². The van der Waals surface area contributed by atoms with Crippen molar-refractivity contribution in [1.29, 1.82) is 0 Å². The maximum absolute atomic E-state index is 10.8. The van der Waals surface area contributed by atoms with Gasteiger partial charge < -0.3 is 10.8 Å². The van der Waals surface area contributed by atoms with Crippen molar-refractivity contribution in [2.24, 2.45) is 45.1 Å². The molecule has 0 aromatic carbocycles. The number of nitrogens with two attached hydrogens (primary N) is 1. The second-order valence-electron chi connectivity index (χ2n) is 14.0. The van der Waals surface area contributed by atoms with Gasteiger partial charge in [0.25, 0.3) is 0 Å². The molecule has 4 aliphatic rings. The molecule has 0 aromatic heterocycles. The Kier molecular flexibility index (Phi) is 8.48. The van der Waals surface area contributed by atoms with Gasteiger partial charge in [-0.05, 0) is 117 Å². The average Bonchev–Trinajstić information content (AvgIpc) is 3.08. The van der Waals surface area contributed by atoms with Crippen molar-refractivity contribution < 1.29 is 15.1 Å². The summed E-state index contributed by atoms with van der Waals surface area (Å²) in [5, 5.41) is 18.2. The number of aliphatic hydroxyl groups is 1. The molecule has 36 heavy (non-hydrogen) atoms. The second-order valence-corrected chi connectivity index (χ2v) is 14.0. The van der Waals surface area contributed by atoms with Crippen molar-refractivity contribution >= 4 is 6.03 Å². The van der Waals surface area contributed by atoms with Gasteiger partial charge in [-0.3, -0.25) is 5.21 Å². The quantitative estimate of drug-likeness (QED) is 0.182. The van der Waals surface area contributed by atoms with E-state index in [1.165, 1.54) is 68.8 Å². The second kappa shape index (κ2) is 10.4. The van der Waals surface area contributed by atoms with E-state index >= 15 is 0 Å². The first kappa shape index (κ1) is 29.2.